The highest BCUT2D eigenvalue weighted by Crippen LogP contribution is 2.33. The first kappa shape index (κ1) is 18.5. The molecule has 2 fully saturated rings. The summed E-state index contributed by atoms with van der Waals surface area (Å²) < 4.78 is 17.6. The van der Waals surface area contributed by atoms with Gasteiger partial charge in [-0.05, 0) is 24.3 Å². The lowest BCUT2D eigenvalue weighted by atomic mass is 10.0. The fourth-order valence-electron chi connectivity index (χ4n) is 4.46. The van der Waals surface area contributed by atoms with E-state index in [1.165, 1.54) is 0 Å². The number of likely N-dealkylation sites (tertiary alicyclic amines) is 1. The first-order chi connectivity index (χ1) is 15.2. The Morgan fingerprint density at radius 2 is 1.77 bits per heavy atom. The molecule has 2 aliphatic rings. The van der Waals surface area contributed by atoms with Crippen LogP contribution in [-0.4, -0.2) is 52.9 Å². The number of hydrogen-bond donors (Lipinski definition) is 0. The van der Waals surface area contributed by atoms with Crippen LogP contribution >= 0.6 is 0 Å². The largest absolute Gasteiger partial charge is 0.456 e. The Balaban J connectivity index is 1.33. The maximum atomic E-state index is 13.2. The summed E-state index contributed by atoms with van der Waals surface area (Å²) in [5.74, 6) is 0.0993. The van der Waals surface area contributed by atoms with E-state index < -0.39 is 5.79 Å². The summed E-state index contributed by atoms with van der Waals surface area (Å²) in [6.07, 6.45) is 4.85. The monoisotopic (exact) mass is 415 g/mol. The van der Waals surface area contributed by atoms with Gasteiger partial charge >= 0.3 is 0 Å². The van der Waals surface area contributed by atoms with E-state index in [9.17, 15) is 4.79 Å². The minimum absolute atomic E-state index is 0.0814. The molecule has 1 spiro atoms. The predicted molar refractivity (Wildman–Crippen MR) is 115 cm³/mol. The van der Waals surface area contributed by atoms with E-state index in [2.05, 4.69) is 4.98 Å². The minimum Gasteiger partial charge on any atom is -0.456 e. The van der Waals surface area contributed by atoms with Gasteiger partial charge in [0.15, 0.2) is 5.79 Å². The highest BCUT2D eigenvalue weighted by Gasteiger charge is 2.41. The Bertz CT molecular complexity index is 1250. The average molecular weight is 415 g/mol. The highest BCUT2D eigenvalue weighted by molar-refractivity contribution is 5.99. The van der Waals surface area contributed by atoms with Crippen molar-refractivity contribution in [1.29, 1.82) is 0 Å². The maximum Gasteiger partial charge on any atom is 0.272 e. The number of amides is 1. The number of carbonyl (C=O) groups is 1. The molecule has 2 aliphatic heterocycles. The maximum absolute atomic E-state index is 13.2. The van der Waals surface area contributed by atoms with Gasteiger partial charge in [-0.3, -0.25) is 9.78 Å². The molecular formula is C24H21N3O4. The molecule has 1 amide bonds. The topological polar surface area (TPSA) is 77.7 Å². The van der Waals surface area contributed by atoms with Crippen LogP contribution in [0.1, 0.15) is 23.3 Å². The SMILES string of the molecule is O=C(c1ccc2cncc(-c3cc4ccccc4o3)c2n1)N1CCC2(CC1)OCCO2. The Morgan fingerprint density at radius 1 is 0.968 bits per heavy atom. The first-order valence-electron chi connectivity index (χ1n) is 10.5. The lowest BCUT2D eigenvalue weighted by Crippen LogP contribution is -2.47. The first-order valence-corrected chi connectivity index (χ1v) is 10.5. The van der Waals surface area contributed by atoms with Crippen LogP contribution in [0.4, 0.5) is 0 Å². The zero-order chi connectivity index (χ0) is 20.8. The fourth-order valence-corrected chi connectivity index (χ4v) is 4.46. The zero-order valence-corrected chi connectivity index (χ0v) is 16.9. The van der Waals surface area contributed by atoms with Crippen molar-refractivity contribution in [2.45, 2.75) is 18.6 Å². The van der Waals surface area contributed by atoms with Crippen LogP contribution in [0.3, 0.4) is 0 Å². The molecule has 4 aromatic rings. The second kappa shape index (κ2) is 7.14. The smallest absolute Gasteiger partial charge is 0.272 e. The second-order valence-electron chi connectivity index (χ2n) is 8.00. The molecular weight excluding hydrogens is 394 g/mol. The molecule has 0 bridgehead atoms. The van der Waals surface area contributed by atoms with Crippen molar-refractivity contribution in [2.24, 2.45) is 0 Å². The quantitative estimate of drug-likeness (QED) is 0.492. The number of rotatable bonds is 2. The number of fused-ring (bicyclic) bond motifs is 2. The molecule has 0 unspecified atom stereocenters. The molecule has 1 aromatic carbocycles. The molecule has 7 heteroatoms. The summed E-state index contributed by atoms with van der Waals surface area (Å²) in [5.41, 5.74) is 2.70. The van der Waals surface area contributed by atoms with Gasteiger partial charge in [0.1, 0.15) is 17.0 Å². The molecule has 0 atom stereocenters. The molecule has 3 aromatic heterocycles. The van der Waals surface area contributed by atoms with Gasteiger partial charge in [0.05, 0.1) is 24.3 Å². The van der Waals surface area contributed by atoms with E-state index in [-0.39, 0.29) is 5.91 Å². The van der Waals surface area contributed by atoms with Crippen molar-refractivity contribution in [3.8, 4) is 11.3 Å². The average Bonchev–Trinajstić information content (AvgIpc) is 3.45. The van der Waals surface area contributed by atoms with Crippen LogP contribution < -0.4 is 0 Å². The van der Waals surface area contributed by atoms with E-state index in [0.717, 1.165) is 21.9 Å². The van der Waals surface area contributed by atoms with Gasteiger partial charge < -0.3 is 18.8 Å². The number of benzene rings is 1. The standard InChI is InChI=1S/C24H21N3O4/c28-23(27-9-7-24(8-10-27)29-11-12-30-24)19-6-5-17-14-25-15-18(22(17)26-19)21-13-16-3-1-2-4-20(16)31-21/h1-6,13-15H,7-12H2. The molecule has 0 aliphatic carbocycles. The third kappa shape index (κ3) is 3.17. The summed E-state index contributed by atoms with van der Waals surface area (Å²) >= 11 is 0. The van der Waals surface area contributed by atoms with Crippen LogP contribution in [0, 0.1) is 0 Å². The van der Waals surface area contributed by atoms with Crippen molar-refractivity contribution >= 4 is 27.8 Å². The van der Waals surface area contributed by atoms with E-state index in [1.807, 2.05) is 41.3 Å². The number of ether oxygens (including phenoxy) is 2. The lowest BCUT2D eigenvalue weighted by Gasteiger charge is -2.37. The number of hydrogen-bond acceptors (Lipinski definition) is 6. The van der Waals surface area contributed by atoms with Crippen molar-refractivity contribution < 1.29 is 18.7 Å². The molecule has 5 heterocycles. The minimum atomic E-state index is -0.506. The zero-order valence-electron chi connectivity index (χ0n) is 16.9. The van der Waals surface area contributed by atoms with E-state index in [0.29, 0.717) is 56.1 Å². The van der Waals surface area contributed by atoms with Gasteiger partial charge in [-0.25, -0.2) is 4.98 Å². The van der Waals surface area contributed by atoms with Gasteiger partial charge in [-0.2, -0.15) is 0 Å². The van der Waals surface area contributed by atoms with E-state index >= 15 is 0 Å². The summed E-state index contributed by atoms with van der Waals surface area (Å²) in [7, 11) is 0. The van der Waals surface area contributed by atoms with Crippen molar-refractivity contribution in [1.82, 2.24) is 14.9 Å². The number of para-hydroxylation sites is 1. The van der Waals surface area contributed by atoms with Gasteiger partial charge in [0.2, 0.25) is 0 Å². The molecule has 156 valence electrons. The van der Waals surface area contributed by atoms with Crippen molar-refractivity contribution in [3.63, 3.8) is 0 Å². The molecule has 6 rings (SSSR count). The summed E-state index contributed by atoms with van der Waals surface area (Å²) in [5, 5.41) is 1.88. The van der Waals surface area contributed by atoms with Crippen molar-refractivity contribution in [2.75, 3.05) is 26.3 Å². The Hall–Kier alpha value is -3.29. The van der Waals surface area contributed by atoms with Gasteiger partial charge in [-0.1, -0.05) is 18.2 Å². The Labute approximate surface area is 178 Å². The number of aromatic nitrogens is 2. The second-order valence-corrected chi connectivity index (χ2v) is 8.00. The van der Waals surface area contributed by atoms with Gasteiger partial charge in [0.25, 0.3) is 5.91 Å². The van der Waals surface area contributed by atoms with Crippen LogP contribution in [0.15, 0.2) is 59.3 Å². The summed E-state index contributed by atoms with van der Waals surface area (Å²) in [6.45, 7) is 2.42. The normalized spacial score (nSPS) is 18.3. The number of piperidine rings is 1. The lowest BCUT2D eigenvalue weighted by molar-refractivity contribution is -0.181. The number of furan rings is 1. The third-order valence-electron chi connectivity index (χ3n) is 6.13. The van der Waals surface area contributed by atoms with E-state index in [4.69, 9.17) is 18.9 Å². The Kier molecular flexibility index (Phi) is 4.26. The van der Waals surface area contributed by atoms with Crippen LogP contribution in [0.5, 0.6) is 0 Å². The van der Waals surface area contributed by atoms with Crippen LogP contribution in [-0.2, 0) is 9.47 Å². The molecule has 31 heavy (non-hydrogen) atoms. The predicted octanol–water partition coefficient (Wildman–Crippen LogP) is 4.02. The molecule has 2 saturated heterocycles. The fraction of sp³-hybridized carbons (Fsp3) is 0.292. The van der Waals surface area contributed by atoms with E-state index in [1.54, 1.807) is 18.5 Å². The number of carbonyl (C=O) groups excluding carboxylic acids is 1. The highest BCUT2D eigenvalue weighted by atomic mass is 16.7. The molecule has 0 saturated carbocycles. The van der Waals surface area contributed by atoms with Crippen LogP contribution in [0.25, 0.3) is 33.2 Å². The van der Waals surface area contributed by atoms with Gasteiger partial charge in [-0.15, -0.1) is 0 Å². The third-order valence-corrected chi connectivity index (χ3v) is 6.13. The molecule has 7 nitrogen and oxygen atoms in total. The summed E-state index contributed by atoms with van der Waals surface area (Å²) in [4.78, 5) is 24.1. The molecule has 0 radical (unpaired) electrons. The number of pyridine rings is 2. The Morgan fingerprint density at radius 3 is 2.58 bits per heavy atom. The van der Waals surface area contributed by atoms with Crippen LogP contribution in [0.2, 0.25) is 0 Å². The molecule has 0 N–H and O–H groups in total. The van der Waals surface area contributed by atoms with Crippen molar-refractivity contribution in [3.05, 3.63) is 60.6 Å². The number of nitrogens with zero attached hydrogens (tertiary/aromatic N) is 3. The summed E-state index contributed by atoms with van der Waals surface area (Å²) in [6, 6.07) is 13.5. The van der Waals surface area contributed by atoms with Gasteiger partial charge in [0, 0.05) is 49.1 Å².